The van der Waals surface area contributed by atoms with Crippen molar-refractivity contribution < 1.29 is 19.1 Å². The van der Waals surface area contributed by atoms with Gasteiger partial charge in [0.1, 0.15) is 0 Å². The van der Waals surface area contributed by atoms with Crippen LogP contribution in [0.15, 0.2) is 0 Å². The van der Waals surface area contributed by atoms with Crippen molar-refractivity contribution >= 4 is 36.0 Å². The van der Waals surface area contributed by atoms with E-state index in [1.165, 1.54) is 0 Å². The molecule has 0 amide bonds. The van der Waals surface area contributed by atoms with Crippen molar-refractivity contribution in [3.8, 4) is 0 Å². The van der Waals surface area contributed by atoms with Crippen molar-refractivity contribution in [1.29, 1.82) is 0 Å². The average molecular weight is 335 g/mol. The lowest BCUT2D eigenvalue weighted by atomic mass is 10.1. The number of esters is 1. The molecule has 0 bridgehead atoms. The highest BCUT2D eigenvalue weighted by Crippen LogP contribution is 2.21. The number of ether oxygens (including phenoxy) is 2. The Balaban J connectivity index is 1.85. The minimum atomic E-state index is -0.0374. The molecule has 21 heavy (non-hydrogen) atoms. The summed E-state index contributed by atoms with van der Waals surface area (Å²) in [7, 11) is 0. The summed E-state index contributed by atoms with van der Waals surface area (Å²) >= 11 is 3.93. The molecule has 1 aliphatic heterocycles. The number of carbonyl (C=O) groups excluding carboxylic acids is 2. The summed E-state index contributed by atoms with van der Waals surface area (Å²) in [4.78, 5) is 21.1. The van der Waals surface area contributed by atoms with Crippen molar-refractivity contribution in [3.63, 3.8) is 0 Å². The Morgan fingerprint density at radius 3 is 2.71 bits per heavy atom. The summed E-state index contributed by atoms with van der Waals surface area (Å²) in [5, 5.41) is 0. The monoisotopic (exact) mass is 334 g/mol. The highest BCUT2D eigenvalue weighted by atomic mass is 32.2. The van der Waals surface area contributed by atoms with Crippen molar-refractivity contribution in [2.24, 2.45) is 11.8 Å². The van der Waals surface area contributed by atoms with Gasteiger partial charge in [0.15, 0.2) is 0 Å². The normalized spacial score (nSPS) is 19.3. The van der Waals surface area contributed by atoms with E-state index >= 15 is 0 Å². The van der Waals surface area contributed by atoms with Crippen LogP contribution in [0.2, 0.25) is 0 Å². The van der Waals surface area contributed by atoms with E-state index in [1.807, 2.05) is 23.5 Å². The van der Waals surface area contributed by atoms with Crippen LogP contribution in [0.1, 0.15) is 32.6 Å². The number of carbonyl (C=O) groups is 2. The summed E-state index contributed by atoms with van der Waals surface area (Å²) in [6.07, 6.45) is 3.87. The van der Waals surface area contributed by atoms with Gasteiger partial charge in [0.05, 0.1) is 19.6 Å². The molecular weight excluding hydrogens is 308 g/mol. The van der Waals surface area contributed by atoms with E-state index in [2.05, 4.69) is 6.92 Å². The topological polar surface area (TPSA) is 52.6 Å². The summed E-state index contributed by atoms with van der Waals surface area (Å²) < 4.78 is 9.78. The number of thioether (sulfide) groups is 2. The first-order valence-electron chi connectivity index (χ1n) is 7.62. The Labute approximate surface area is 136 Å². The maximum atomic E-state index is 10.9. The first-order valence-corrected chi connectivity index (χ1v) is 9.93. The van der Waals surface area contributed by atoms with E-state index in [4.69, 9.17) is 9.47 Å². The van der Waals surface area contributed by atoms with Crippen LogP contribution in [0.4, 0.5) is 0 Å². The quantitative estimate of drug-likeness (QED) is 0.293. The summed E-state index contributed by atoms with van der Waals surface area (Å²) in [5.74, 6) is 5.48. The average Bonchev–Trinajstić information content (AvgIpc) is 2.90. The van der Waals surface area contributed by atoms with Crippen LogP contribution in [0.5, 0.6) is 0 Å². The third-order valence-corrected chi connectivity index (χ3v) is 5.92. The third-order valence-electron chi connectivity index (χ3n) is 3.63. The molecule has 122 valence electrons. The molecule has 6 heteroatoms. The first-order chi connectivity index (χ1) is 10.3. The Morgan fingerprint density at radius 1 is 1.33 bits per heavy atom. The highest BCUT2D eigenvalue weighted by molar-refractivity contribution is 8.02. The SMILES string of the molecule is CCC(CCSCCSCCC1COC(=O)C1)COC=O. The molecular formula is C15H26O4S2. The maximum absolute atomic E-state index is 10.9. The van der Waals surface area contributed by atoms with Crippen LogP contribution in [-0.2, 0) is 19.1 Å². The smallest absolute Gasteiger partial charge is 0.306 e. The van der Waals surface area contributed by atoms with E-state index in [0.29, 0.717) is 37.9 Å². The second kappa shape index (κ2) is 12.2. The van der Waals surface area contributed by atoms with E-state index in [9.17, 15) is 9.59 Å². The minimum Gasteiger partial charge on any atom is -0.468 e. The second-order valence-corrected chi connectivity index (χ2v) is 7.71. The zero-order chi connectivity index (χ0) is 15.3. The van der Waals surface area contributed by atoms with Gasteiger partial charge in [-0.15, -0.1) is 0 Å². The molecule has 1 fully saturated rings. The van der Waals surface area contributed by atoms with Gasteiger partial charge in [0.25, 0.3) is 6.47 Å². The fourth-order valence-corrected chi connectivity index (χ4v) is 4.50. The van der Waals surface area contributed by atoms with Crippen LogP contribution >= 0.6 is 23.5 Å². The largest absolute Gasteiger partial charge is 0.468 e. The fraction of sp³-hybridized carbons (Fsp3) is 0.867. The molecule has 1 rings (SSSR count). The predicted octanol–water partition coefficient (Wildman–Crippen LogP) is 3.00. The standard InChI is InChI=1S/C15H26O4S2/c1-2-13(10-18-12-16)3-5-20-7-8-21-6-4-14-9-15(17)19-11-14/h12-14H,2-11H2,1H3. The predicted molar refractivity (Wildman–Crippen MR) is 88.7 cm³/mol. The Kier molecular flexibility index (Phi) is 10.9. The van der Waals surface area contributed by atoms with Gasteiger partial charge < -0.3 is 9.47 Å². The molecule has 1 saturated heterocycles. The van der Waals surface area contributed by atoms with Crippen LogP contribution in [0, 0.1) is 11.8 Å². The molecule has 0 aromatic carbocycles. The van der Waals surface area contributed by atoms with E-state index in [0.717, 1.165) is 42.3 Å². The lowest BCUT2D eigenvalue weighted by molar-refractivity contribution is -0.138. The molecule has 0 aromatic heterocycles. The third kappa shape index (κ3) is 9.30. The number of hydrogen-bond donors (Lipinski definition) is 0. The lowest BCUT2D eigenvalue weighted by Gasteiger charge is -2.12. The molecule has 1 aliphatic rings. The Morgan fingerprint density at radius 2 is 2.10 bits per heavy atom. The van der Waals surface area contributed by atoms with Crippen molar-refractivity contribution in [2.45, 2.75) is 32.6 Å². The van der Waals surface area contributed by atoms with Crippen LogP contribution in [-0.4, -0.2) is 48.7 Å². The highest BCUT2D eigenvalue weighted by Gasteiger charge is 2.22. The molecule has 0 N–H and O–H groups in total. The molecule has 0 aromatic rings. The van der Waals surface area contributed by atoms with E-state index in [1.54, 1.807) is 0 Å². The summed E-state index contributed by atoms with van der Waals surface area (Å²) in [6.45, 7) is 3.85. The van der Waals surface area contributed by atoms with Crippen LogP contribution in [0.3, 0.4) is 0 Å². The molecule has 4 nitrogen and oxygen atoms in total. The first kappa shape index (κ1) is 18.7. The molecule has 1 heterocycles. The van der Waals surface area contributed by atoms with Gasteiger partial charge in [-0.2, -0.15) is 23.5 Å². The van der Waals surface area contributed by atoms with Gasteiger partial charge in [-0.05, 0) is 30.3 Å². The van der Waals surface area contributed by atoms with Crippen LogP contribution in [0.25, 0.3) is 0 Å². The summed E-state index contributed by atoms with van der Waals surface area (Å²) in [5.41, 5.74) is 0. The Bertz CT molecular complexity index is 299. The van der Waals surface area contributed by atoms with Crippen molar-refractivity contribution in [3.05, 3.63) is 0 Å². The molecule has 0 radical (unpaired) electrons. The van der Waals surface area contributed by atoms with Crippen molar-refractivity contribution in [1.82, 2.24) is 0 Å². The summed E-state index contributed by atoms with van der Waals surface area (Å²) in [6, 6.07) is 0. The zero-order valence-electron chi connectivity index (χ0n) is 12.8. The van der Waals surface area contributed by atoms with Gasteiger partial charge in [-0.3, -0.25) is 9.59 Å². The molecule has 0 aliphatic carbocycles. The lowest BCUT2D eigenvalue weighted by Crippen LogP contribution is -2.09. The number of hydrogen-bond acceptors (Lipinski definition) is 6. The van der Waals surface area contributed by atoms with Gasteiger partial charge in [-0.25, -0.2) is 0 Å². The number of rotatable bonds is 13. The Hall–Kier alpha value is -0.360. The van der Waals surface area contributed by atoms with Gasteiger partial charge >= 0.3 is 5.97 Å². The van der Waals surface area contributed by atoms with E-state index < -0.39 is 0 Å². The maximum Gasteiger partial charge on any atom is 0.306 e. The minimum absolute atomic E-state index is 0.0374. The fourth-order valence-electron chi connectivity index (χ4n) is 2.15. The van der Waals surface area contributed by atoms with Gasteiger partial charge in [0.2, 0.25) is 0 Å². The van der Waals surface area contributed by atoms with Gasteiger partial charge in [-0.1, -0.05) is 13.3 Å². The second-order valence-electron chi connectivity index (χ2n) is 5.26. The molecule has 0 spiro atoms. The van der Waals surface area contributed by atoms with E-state index in [-0.39, 0.29) is 5.97 Å². The molecule has 2 atom stereocenters. The molecule has 0 saturated carbocycles. The number of cyclic esters (lactones) is 1. The van der Waals surface area contributed by atoms with Crippen molar-refractivity contribution in [2.75, 3.05) is 36.2 Å². The van der Waals surface area contributed by atoms with Gasteiger partial charge in [0, 0.05) is 17.4 Å². The van der Waals surface area contributed by atoms with Crippen LogP contribution < -0.4 is 0 Å². The zero-order valence-corrected chi connectivity index (χ0v) is 14.4. The molecule has 2 unspecified atom stereocenters.